The lowest BCUT2D eigenvalue weighted by Crippen LogP contribution is -2.55. The van der Waals surface area contributed by atoms with Crippen LogP contribution in [0.1, 0.15) is 20.3 Å². The Hall–Kier alpha value is -1.24. The zero-order valence-corrected chi connectivity index (χ0v) is 12.2. The van der Waals surface area contributed by atoms with Crippen molar-refractivity contribution >= 4 is 32.2 Å². The molecular formula is C8H14O10S2. The van der Waals surface area contributed by atoms with Crippen LogP contribution in [0.2, 0.25) is 0 Å². The molecule has 0 bridgehead atoms. The van der Waals surface area contributed by atoms with Crippen LogP contribution in [0.25, 0.3) is 0 Å². The van der Waals surface area contributed by atoms with E-state index in [9.17, 15) is 26.4 Å². The Morgan fingerprint density at radius 2 is 1.35 bits per heavy atom. The lowest BCUT2D eigenvalue weighted by molar-refractivity contribution is -0.150. The molecule has 0 aliphatic heterocycles. The van der Waals surface area contributed by atoms with Gasteiger partial charge in [0.15, 0.2) is 0 Å². The minimum Gasteiger partial charge on any atom is -0.466 e. The number of carbonyl (C=O) groups is 2. The largest absolute Gasteiger partial charge is 0.466 e. The minimum atomic E-state index is -5.73. The first-order chi connectivity index (χ1) is 8.94. The quantitative estimate of drug-likeness (QED) is 0.435. The summed E-state index contributed by atoms with van der Waals surface area (Å²) in [5, 5.41) is 0. The van der Waals surface area contributed by atoms with Crippen molar-refractivity contribution < 1.29 is 45.0 Å². The van der Waals surface area contributed by atoms with Crippen LogP contribution in [0, 0.1) is 0 Å². The van der Waals surface area contributed by atoms with Crippen molar-refractivity contribution in [3.05, 3.63) is 0 Å². The molecule has 0 saturated heterocycles. The maximum atomic E-state index is 11.6. The smallest absolute Gasteiger partial charge is 0.349 e. The first kappa shape index (κ1) is 18.8. The molecule has 0 radical (unpaired) electrons. The van der Waals surface area contributed by atoms with Gasteiger partial charge in [-0.05, 0) is 13.8 Å². The molecule has 0 amide bonds. The molecule has 0 fully saturated rings. The third kappa shape index (κ3) is 3.65. The van der Waals surface area contributed by atoms with Crippen LogP contribution in [0.3, 0.4) is 0 Å². The first-order valence-corrected chi connectivity index (χ1v) is 8.09. The van der Waals surface area contributed by atoms with Crippen LogP contribution in [0.4, 0.5) is 0 Å². The Kier molecular flexibility index (Phi) is 6.07. The zero-order valence-electron chi connectivity index (χ0n) is 10.6. The van der Waals surface area contributed by atoms with Crippen LogP contribution >= 0.6 is 0 Å². The Balaban J connectivity index is 6.12. The Morgan fingerprint density at radius 3 is 1.65 bits per heavy atom. The average molecular weight is 334 g/mol. The van der Waals surface area contributed by atoms with E-state index in [-0.39, 0.29) is 6.61 Å². The number of ether oxygens (including phenoxy) is 2. The molecule has 0 unspecified atom stereocenters. The van der Waals surface area contributed by atoms with Crippen LogP contribution < -0.4 is 0 Å². The van der Waals surface area contributed by atoms with Gasteiger partial charge in [-0.1, -0.05) is 0 Å². The summed E-state index contributed by atoms with van der Waals surface area (Å²) in [6, 6.07) is 0. The van der Waals surface area contributed by atoms with Gasteiger partial charge >= 0.3 is 16.0 Å². The number of hydrogen-bond donors (Lipinski definition) is 2. The van der Waals surface area contributed by atoms with E-state index in [0.717, 1.165) is 0 Å². The minimum absolute atomic E-state index is 0.241. The summed E-state index contributed by atoms with van der Waals surface area (Å²) >= 11 is 0. The predicted octanol–water partition coefficient (Wildman–Crippen LogP) is -1.03. The van der Waals surface area contributed by atoms with Crippen LogP contribution in [-0.2, 0) is 39.3 Å². The molecule has 0 heterocycles. The fourth-order valence-corrected chi connectivity index (χ4v) is 3.45. The second-order valence-electron chi connectivity index (χ2n) is 3.41. The van der Waals surface area contributed by atoms with Gasteiger partial charge in [-0.3, -0.25) is 13.9 Å². The van der Waals surface area contributed by atoms with E-state index in [2.05, 4.69) is 9.47 Å². The van der Waals surface area contributed by atoms with Crippen molar-refractivity contribution in [2.45, 2.75) is 24.3 Å². The molecule has 0 atom stereocenters. The number of carbonyl (C=O) groups excluding carboxylic acids is 2. The summed E-state index contributed by atoms with van der Waals surface area (Å²) in [5.41, 5.74) is 0. The number of rotatable bonds is 7. The second kappa shape index (κ2) is 6.47. The monoisotopic (exact) mass is 334 g/mol. The van der Waals surface area contributed by atoms with E-state index in [0.29, 0.717) is 0 Å². The molecule has 0 aliphatic rings. The highest BCUT2D eigenvalue weighted by Crippen LogP contribution is 2.30. The SMILES string of the molecule is CCOC(=O)CC(C(=O)OCC)(S(=O)(=O)O)S(=O)(=O)O. The fraction of sp³-hybridized carbons (Fsp3) is 0.750. The van der Waals surface area contributed by atoms with Crippen molar-refractivity contribution in [2.75, 3.05) is 13.2 Å². The summed E-state index contributed by atoms with van der Waals surface area (Å²) in [5.74, 6) is -3.44. The van der Waals surface area contributed by atoms with Gasteiger partial charge in [-0.15, -0.1) is 0 Å². The van der Waals surface area contributed by atoms with E-state index in [1.54, 1.807) is 0 Å². The second-order valence-corrected chi connectivity index (χ2v) is 6.96. The van der Waals surface area contributed by atoms with Gasteiger partial charge in [0.05, 0.1) is 19.6 Å². The summed E-state index contributed by atoms with van der Waals surface area (Å²) < 4.78 is 67.7. The van der Waals surface area contributed by atoms with E-state index in [4.69, 9.17) is 9.11 Å². The van der Waals surface area contributed by atoms with Crippen LogP contribution in [-0.4, -0.2) is 55.2 Å². The van der Waals surface area contributed by atoms with E-state index in [1.165, 1.54) is 13.8 Å². The predicted molar refractivity (Wildman–Crippen MR) is 63.7 cm³/mol. The molecule has 0 aliphatic carbocycles. The molecule has 0 aromatic carbocycles. The average Bonchev–Trinajstić information content (AvgIpc) is 2.22. The molecule has 118 valence electrons. The third-order valence-electron chi connectivity index (χ3n) is 2.10. The molecule has 10 nitrogen and oxygen atoms in total. The fourth-order valence-electron chi connectivity index (χ4n) is 1.24. The summed E-state index contributed by atoms with van der Waals surface area (Å²) in [7, 11) is -11.5. The van der Waals surface area contributed by atoms with Crippen LogP contribution in [0.15, 0.2) is 0 Å². The molecule has 0 rings (SSSR count). The molecule has 0 aromatic heterocycles. The summed E-state index contributed by atoms with van der Waals surface area (Å²) in [4.78, 5) is 22.9. The molecular weight excluding hydrogens is 320 g/mol. The van der Waals surface area contributed by atoms with Gasteiger partial charge in [0.25, 0.3) is 20.2 Å². The van der Waals surface area contributed by atoms with Crippen LogP contribution in [0.5, 0.6) is 0 Å². The van der Waals surface area contributed by atoms with Crippen molar-refractivity contribution in [2.24, 2.45) is 0 Å². The maximum absolute atomic E-state index is 11.6. The molecule has 0 aromatic rings. The summed E-state index contributed by atoms with van der Waals surface area (Å²) in [6.45, 7) is 1.87. The van der Waals surface area contributed by atoms with Gasteiger partial charge in [0, 0.05) is 0 Å². The standard InChI is InChI=1S/C8H14O10S2/c1-3-17-6(9)5-8(19(11,12)13,20(14,15)16)7(10)18-4-2/h3-5H2,1-2H3,(H,11,12,13)(H,14,15,16). The van der Waals surface area contributed by atoms with Gasteiger partial charge < -0.3 is 9.47 Å². The van der Waals surface area contributed by atoms with E-state index in [1.807, 2.05) is 0 Å². The van der Waals surface area contributed by atoms with Gasteiger partial charge in [-0.2, -0.15) is 16.8 Å². The zero-order chi connectivity index (χ0) is 16.2. The lowest BCUT2D eigenvalue weighted by atomic mass is 10.3. The van der Waals surface area contributed by atoms with Crippen molar-refractivity contribution in [1.82, 2.24) is 0 Å². The Morgan fingerprint density at radius 1 is 0.950 bits per heavy atom. The molecule has 0 spiro atoms. The highest BCUT2D eigenvalue weighted by atomic mass is 32.3. The first-order valence-electron chi connectivity index (χ1n) is 5.21. The third-order valence-corrected chi connectivity index (χ3v) is 5.65. The highest BCUT2D eigenvalue weighted by molar-refractivity contribution is 8.06. The van der Waals surface area contributed by atoms with E-state index >= 15 is 0 Å². The number of esters is 2. The molecule has 12 heteroatoms. The summed E-state index contributed by atoms with van der Waals surface area (Å²) in [6.07, 6.45) is -1.64. The highest BCUT2D eigenvalue weighted by Gasteiger charge is 2.64. The van der Waals surface area contributed by atoms with Gasteiger partial charge in [0.2, 0.25) is 0 Å². The van der Waals surface area contributed by atoms with Gasteiger partial charge in [-0.25, -0.2) is 4.79 Å². The Labute approximate surface area is 115 Å². The van der Waals surface area contributed by atoms with Crippen molar-refractivity contribution in [3.63, 3.8) is 0 Å². The van der Waals surface area contributed by atoms with Gasteiger partial charge in [0.1, 0.15) is 0 Å². The Bertz CT molecular complexity index is 540. The molecule has 2 N–H and O–H groups in total. The number of hydrogen-bond acceptors (Lipinski definition) is 8. The van der Waals surface area contributed by atoms with Crippen molar-refractivity contribution in [3.8, 4) is 0 Å². The molecule has 0 saturated carbocycles. The van der Waals surface area contributed by atoms with Crippen molar-refractivity contribution in [1.29, 1.82) is 0 Å². The topological polar surface area (TPSA) is 161 Å². The van der Waals surface area contributed by atoms with E-state index < -0.39 is 49.3 Å². The lowest BCUT2D eigenvalue weighted by Gasteiger charge is -2.23. The maximum Gasteiger partial charge on any atom is 0.349 e. The normalized spacial score (nSPS) is 12.8. The molecule has 20 heavy (non-hydrogen) atoms.